The Kier molecular flexibility index (Phi) is 4.69. The molecular weight excluding hydrogens is 300 g/mol. The summed E-state index contributed by atoms with van der Waals surface area (Å²) in [6.07, 6.45) is -1.06. The number of H-pyrrole nitrogens is 1. The maximum Gasteiger partial charge on any atom is 0.407 e. The number of nitrogens with zero attached hydrogens (tertiary/aromatic N) is 2. The fourth-order valence-corrected chi connectivity index (χ4v) is 2.51. The van der Waals surface area contributed by atoms with Gasteiger partial charge in [0.15, 0.2) is 11.0 Å². The fraction of sp³-hybridized carbons (Fsp3) is 0.583. The molecule has 1 aromatic heterocycles. The summed E-state index contributed by atoms with van der Waals surface area (Å²) >= 11 is 5.87. The van der Waals surface area contributed by atoms with Crippen molar-refractivity contribution in [2.24, 2.45) is 0 Å². The van der Waals surface area contributed by atoms with Gasteiger partial charge in [0.05, 0.1) is 24.4 Å². The molecule has 2 amide bonds. The highest BCUT2D eigenvalue weighted by molar-refractivity contribution is 6.30. The van der Waals surface area contributed by atoms with Crippen LogP contribution in [-0.4, -0.2) is 62.3 Å². The van der Waals surface area contributed by atoms with Gasteiger partial charge in [-0.05, 0) is 12.8 Å². The molecule has 116 valence electrons. The molecule has 0 spiro atoms. The number of carboxylic acid groups (broad SMARTS) is 1. The number of aliphatic hydroxyl groups is 1. The highest BCUT2D eigenvalue weighted by Gasteiger charge is 2.31. The second-order valence-electron chi connectivity index (χ2n) is 4.87. The zero-order chi connectivity index (χ0) is 15.6. The molecule has 1 fully saturated rings. The molecule has 1 aliphatic heterocycles. The molecule has 0 aliphatic carbocycles. The van der Waals surface area contributed by atoms with Crippen LogP contribution >= 0.6 is 11.6 Å². The zero-order valence-electron chi connectivity index (χ0n) is 11.5. The topological polar surface area (TPSA) is 119 Å². The summed E-state index contributed by atoms with van der Waals surface area (Å²) in [4.78, 5) is 30.7. The van der Waals surface area contributed by atoms with E-state index in [0.29, 0.717) is 18.5 Å². The average molecular weight is 317 g/mol. The van der Waals surface area contributed by atoms with Crippen molar-refractivity contribution in [1.82, 2.24) is 20.2 Å². The zero-order valence-corrected chi connectivity index (χ0v) is 12.2. The van der Waals surface area contributed by atoms with E-state index in [9.17, 15) is 14.7 Å². The van der Waals surface area contributed by atoms with E-state index < -0.39 is 24.1 Å². The molecular formula is C12H17ClN4O4. The van der Waals surface area contributed by atoms with E-state index in [4.69, 9.17) is 16.7 Å². The summed E-state index contributed by atoms with van der Waals surface area (Å²) in [6.45, 7) is 2.11. The molecule has 8 nitrogen and oxygen atoms in total. The maximum atomic E-state index is 12.1. The number of imidazole rings is 1. The third kappa shape index (κ3) is 3.45. The molecule has 21 heavy (non-hydrogen) atoms. The van der Waals surface area contributed by atoms with Crippen molar-refractivity contribution < 1.29 is 19.8 Å². The standard InChI is InChI=1S/C12H17ClN4O4/c1-2-6-9(13)16-10(14-6)11(19)15-7-3-4-17(12(20)21)5-8(7)18/h7-8,18H,2-5H2,1H3,(H,14,16)(H,15,19)(H,20,21)/t7-,8-/m0/s1. The minimum Gasteiger partial charge on any atom is -0.465 e. The van der Waals surface area contributed by atoms with Gasteiger partial charge in [0.25, 0.3) is 5.91 Å². The van der Waals surface area contributed by atoms with Crippen LogP contribution in [0.3, 0.4) is 0 Å². The first-order valence-corrected chi connectivity index (χ1v) is 7.01. The SMILES string of the molecule is CCc1[nH]c(C(=O)N[C@H]2CCN(C(=O)O)C[C@@H]2O)nc1Cl. The number of amides is 2. The lowest BCUT2D eigenvalue weighted by atomic mass is 10.0. The van der Waals surface area contributed by atoms with E-state index in [0.717, 1.165) is 4.90 Å². The fourth-order valence-electron chi connectivity index (χ4n) is 2.24. The maximum absolute atomic E-state index is 12.1. The van der Waals surface area contributed by atoms with Gasteiger partial charge >= 0.3 is 6.09 Å². The highest BCUT2D eigenvalue weighted by atomic mass is 35.5. The molecule has 1 aromatic rings. The van der Waals surface area contributed by atoms with Gasteiger partial charge in [-0.3, -0.25) is 4.79 Å². The number of nitrogens with one attached hydrogen (secondary N) is 2. The van der Waals surface area contributed by atoms with Crippen molar-refractivity contribution in [3.8, 4) is 0 Å². The molecule has 0 saturated carbocycles. The molecule has 2 rings (SSSR count). The molecule has 0 aromatic carbocycles. The van der Waals surface area contributed by atoms with Crippen LogP contribution in [0.15, 0.2) is 0 Å². The van der Waals surface area contributed by atoms with E-state index in [1.165, 1.54) is 0 Å². The molecule has 2 atom stereocenters. The Labute approximate surface area is 126 Å². The predicted octanol–water partition coefficient (Wildman–Crippen LogP) is 0.468. The number of carbonyl (C=O) groups excluding carboxylic acids is 1. The Hall–Kier alpha value is -1.80. The molecule has 0 bridgehead atoms. The average Bonchev–Trinajstić information content (AvgIpc) is 2.82. The van der Waals surface area contributed by atoms with Crippen molar-refractivity contribution in [2.45, 2.75) is 31.9 Å². The van der Waals surface area contributed by atoms with E-state index in [2.05, 4.69) is 15.3 Å². The number of β-amino-alcohol motifs (C(OH)–C–C–N with tert-alkyl or cyclic N) is 1. The van der Waals surface area contributed by atoms with Crippen molar-refractivity contribution >= 4 is 23.6 Å². The number of aromatic amines is 1. The third-order valence-corrected chi connectivity index (χ3v) is 3.78. The molecule has 4 N–H and O–H groups in total. The number of likely N-dealkylation sites (tertiary alicyclic amines) is 1. The summed E-state index contributed by atoms with van der Waals surface area (Å²) in [6, 6.07) is -0.512. The molecule has 1 saturated heterocycles. The van der Waals surface area contributed by atoms with E-state index in [1.54, 1.807) is 0 Å². The van der Waals surface area contributed by atoms with Crippen LogP contribution in [-0.2, 0) is 6.42 Å². The predicted molar refractivity (Wildman–Crippen MR) is 74.5 cm³/mol. The lowest BCUT2D eigenvalue weighted by Crippen LogP contribution is -2.55. The third-order valence-electron chi connectivity index (χ3n) is 3.47. The van der Waals surface area contributed by atoms with Crippen molar-refractivity contribution in [2.75, 3.05) is 13.1 Å². The number of rotatable bonds is 3. The van der Waals surface area contributed by atoms with E-state index in [-0.39, 0.29) is 24.1 Å². The molecule has 2 heterocycles. The van der Waals surface area contributed by atoms with Crippen LogP contribution in [0.1, 0.15) is 29.7 Å². The quantitative estimate of drug-likeness (QED) is 0.646. The van der Waals surface area contributed by atoms with E-state index >= 15 is 0 Å². The smallest absolute Gasteiger partial charge is 0.407 e. The minimum atomic E-state index is -1.08. The van der Waals surface area contributed by atoms with Gasteiger partial charge in [-0.2, -0.15) is 0 Å². The number of piperidine rings is 1. The van der Waals surface area contributed by atoms with Crippen molar-refractivity contribution in [3.05, 3.63) is 16.7 Å². The largest absolute Gasteiger partial charge is 0.465 e. The van der Waals surface area contributed by atoms with Crippen LogP contribution in [0.25, 0.3) is 0 Å². The second kappa shape index (κ2) is 6.31. The minimum absolute atomic E-state index is 0.0284. The van der Waals surface area contributed by atoms with Gasteiger partial charge in [0.2, 0.25) is 0 Å². The normalized spacial score (nSPS) is 22.1. The summed E-state index contributed by atoms with van der Waals surface area (Å²) in [7, 11) is 0. The Bertz CT molecular complexity index is 547. The number of aromatic nitrogens is 2. The van der Waals surface area contributed by atoms with Crippen LogP contribution in [0.4, 0.5) is 4.79 Å². The van der Waals surface area contributed by atoms with Crippen molar-refractivity contribution in [1.29, 1.82) is 0 Å². The Morgan fingerprint density at radius 3 is 2.81 bits per heavy atom. The number of carbonyl (C=O) groups is 2. The van der Waals surface area contributed by atoms with Crippen LogP contribution in [0, 0.1) is 0 Å². The van der Waals surface area contributed by atoms with Gasteiger partial charge in [0.1, 0.15) is 0 Å². The first kappa shape index (κ1) is 15.6. The molecule has 1 aliphatic rings. The van der Waals surface area contributed by atoms with Gasteiger partial charge in [-0.25, -0.2) is 9.78 Å². The van der Waals surface area contributed by atoms with Gasteiger partial charge in [-0.1, -0.05) is 18.5 Å². The molecule has 0 radical (unpaired) electrons. The van der Waals surface area contributed by atoms with Gasteiger partial charge in [0, 0.05) is 6.54 Å². The first-order chi connectivity index (χ1) is 9.92. The second-order valence-corrected chi connectivity index (χ2v) is 5.23. The first-order valence-electron chi connectivity index (χ1n) is 6.63. The summed E-state index contributed by atoms with van der Waals surface area (Å²) in [5, 5.41) is 21.7. The Morgan fingerprint density at radius 1 is 1.57 bits per heavy atom. The number of hydrogen-bond acceptors (Lipinski definition) is 4. The number of hydrogen-bond donors (Lipinski definition) is 4. The highest BCUT2D eigenvalue weighted by Crippen LogP contribution is 2.15. The monoisotopic (exact) mass is 316 g/mol. The molecule has 0 unspecified atom stereocenters. The summed E-state index contributed by atoms with van der Waals surface area (Å²) in [5.74, 6) is -0.380. The number of aryl methyl sites for hydroxylation is 1. The number of halogens is 1. The van der Waals surface area contributed by atoms with Crippen molar-refractivity contribution in [3.63, 3.8) is 0 Å². The Balaban J connectivity index is 1.98. The van der Waals surface area contributed by atoms with E-state index in [1.807, 2.05) is 6.92 Å². The summed E-state index contributed by atoms with van der Waals surface area (Å²) < 4.78 is 0. The lowest BCUT2D eigenvalue weighted by molar-refractivity contribution is 0.0389. The van der Waals surface area contributed by atoms with Crippen LogP contribution < -0.4 is 5.32 Å². The van der Waals surface area contributed by atoms with Crippen LogP contribution in [0.5, 0.6) is 0 Å². The van der Waals surface area contributed by atoms with Crippen LogP contribution in [0.2, 0.25) is 5.15 Å². The Morgan fingerprint density at radius 2 is 2.29 bits per heavy atom. The van der Waals surface area contributed by atoms with Gasteiger partial charge in [-0.15, -0.1) is 0 Å². The number of aliphatic hydroxyl groups excluding tert-OH is 1. The lowest BCUT2D eigenvalue weighted by Gasteiger charge is -2.34. The molecule has 9 heteroatoms. The summed E-state index contributed by atoms with van der Waals surface area (Å²) in [5.41, 5.74) is 0.670. The van der Waals surface area contributed by atoms with Gasteiger partial charge < -0.3 is 25.4 Å².